The number of benzene rings is 3. The van der Waals surface area contributed by atoms with Crippen LogP contribution in [0.25, 0.3) is 12.2 Å². The van der Waals surface area contributed by atoms with Gasteiger partial charge in [-0.05, 0) is 41.8 Å². The summed E-state index contributed by atoms with van der Waals surface area (Å²) in [7, 11) is 0.770. The first-order chi connectivity index (χ1) is 15.3. The van der Waals surface area contributed by atoms with Gasteiger partial charge in [-0.15, -0.1) is 0 Å². The second kappa shape index (κ2) is 10.6. The van der Waals surface area contributed by atoms with E-state index in [1.807, 2.05) is 30.3 Å². The lowest BCUT2D eigenvalue weighted by Crippen LogP contribution is -2.17. The largest absolute Gasteiger partial charge is 0.540 e. The van der Waals surface area contributed by atoms with E-state index in [0.717, 1.165) is 39.5 Å². The highest BCUT2D eigenvalue weighted by atomic mass is 28.3. The van der Waals surface area contributed by atoms with E-state index in [1.54, 1.807) is 7.11 Å². The van der Waals surface area contributed by atoms with Crippen molar-refractivity contribution in [3.63, 3.8) is 0 Å². The zero-order valence-electron chi connectivity index (χ0n) is 19.9. The number of hydrogen-bond acceptors (Lipinski definition) is 3. The number of hydrogen-bond donors (Lipinski definition) is 0. The first kappa shape index (κ1) is 23.7. The van der Waals surface area contributed by atoms with E-state index in [2.05, 4.69) is 82.4 Å². The van der Waals surface area contributed by atoms with Gasteiger partial charge in [0.15, 0.2) is 11.5 Å². The molecule has 0 saturated carbocycles. The lowest BCUT2D eigenvalue weighted by atomic mass is 9.85. The highest BCUT2D eigenvalue weighted by Crippen LogP contribution is 2.41. The molecule has 0 bridgehead atoms. The van der Waals surface area contributed by atoms with Gasteiger partial charge < -0.3 is 13.9 Å². The normalized spacial score (nSPS) is 11.7. The van der Waals surface area contributed by atoms with Crippen LogP contribution in [0.1, 0.15) is 43.0 Å². The first-order valence-electron chi connectivity index (χ1n) is 10.9. The molecule has 0 saturated heterocycles. The van der Waals surface area contributed by atoms with Gasteiger partial charge in [0.2, 0.25) is 0 Å². The molecule has 3 rings (SSSR count). The summed E-state index contributed by atoms with van der Waals surface area (Å²) in [5.41, 5.74) is 4.39. The maximum Gasteiger partial charge on any atom is 0.274 e. The summed E-state index contributed by atoms with van der Waals surface area (Å²) in [6.07, 6.45) is 4.19. The van der Waals surface area contributed by atoms with Gasteiger partial charge in [-0.25, -0.2) is 0 Å². The van der Waals surface area contributed by atoms with Gasteiger partial charge in [-0.2, -0.15) is 0 Å². The Hall–Kier alpha value is -2.98. The minimum Gasteiger partial charge on any atom is -0.540 e. The molecule has 0 atom stereocenters. The van der Waals surface area contributed by atoms with E-state index >= 15 is 0 Å². The zero-order chi connectivity index (χ0) is 23.1. The van der Waals surface area contributed by atoms with Gasteiger partial charge in [0.1, 0.15) is 12.4 Å². The number of ether oxygens (including phenoxy) is 2. The molecule has 0 N–H and O–H groups in total. The fourth-order valence-electron chi connectivity index (χ4n) is 3.41. The van der Waals surface area contributed by atoms with Crippen LogP contribution >= 0.6 is 0 Å². The summed E-state index contributed by atoms with van der Waals surface area (Å²) in [4.78, 5) is 0. The van der Waals surface area contributed by atoms with Gasteiger partial charge in [0, 0.05) is 11.1 Å². The summed E-state index contributed by atoms with van der Waals surface area (Å²) in [6.45, 7) is 11.4. The number of methoxy groups -OCH3 is 1. The molecule has 1 radical (unpaired) electrons. The van der Waals surface area contributed by atoms with Gasteiger partial charge in [-0.1, -0.05) is 87.5 Å². The molecule has 0 aliphatic heterocycles. The average Bonchev–Trinajstić information content (AvgIpc) is 2.77. The summed E-state index contributed by atoms with van der Waals surface area (Å²) >= 11 is 0. The van der Waals surface area contributed by atoms with E-state index in [0.29, 0.717) is 6.61 Å². The Morgan fingerprint density at radius 2 is 1.50 bits per heavy atom. The Morgan fingerprint density at radius 1 is 0.812 bits per heavy atom. The third kappa shape index (κ3) is 6.27. The Balaban J connectivity index is 1.80. The molecule has 0 heterocycles. The monoisotopic (exact) mass is 445 g/mol. The van der Waals surface area contributed by atoms with Crippen molar-refractivity contribution in [2.75, 3.05) is 7.11 Å². The van der Waals surface area contributed by atoms with Crippen LogP contribution in [0.15, 0.2) is 66.7 Å². The highest BCUT2D eigenvalue weighted by Gasteiger charge is 2.24. The second-order valence-electron chi connectivity index (χ2n) is 9.00. The zero-order valence-corrected chi connectivity index (χ0v) is 20.9. The summed E-state index contributed by atoms with van der Waals surface area (Å²) in [6, 6.07) is 22.6. The van der Waals surface area contributed by atoms with Crippen LogP contribution in [-0.2, 0) is 12.0 Å². The molecule has 167 valence electrons. The maximum absolute atomic E-state index is 6.29. The Bertz CT molecular complexity index is 1030. The fourth-order valence-corrected chi connectivity index (χ4v) is 4.03. The maximum atomic E-state index is 6.29. The predicted molar refractivity (Wildman–Crippen MR) is 136 cm³/mol. The van der Waals surface area contributed by atoms with Crippen molar-refractivity contribution in [1.29, 1.82) is 0 Å². The van der Waals surface area contributed by atoms with Crippen LogP contribution in [-0.4, -0.2) is 16.2 Å². The molecular weight excluding hydrogens is 412 g/mol. The summed E-state index contributed by atoms with van der Waals surface area (Å²) in [5, 5.41) is 0. The van der Waals surface area contributed by atoms with Crippen molar-refractivity contribution in [3.05, 3.63) is 89.0 Å². The molecule has 0 unspecified atom stereocenters. The van der Waals surface area contributed by atoms with Gasteiger partial charge in [-0.3, -0.25) is 0 Å². The predicted octanol–water partition coefficient (Wildman–Crippen LogP) is 7.37. The minimum absolute atomic E-state index is 0.0321. The van der Waals surface area contributed by atoms with Crippen molar-refractivity contribution < 1.29 is 13.9 Å². The van der Waals surface area contributed by atoms with Gasteiger partial charge in [0.05, 0.1) is 7.11 Å². The summed E-state index contributed by atoms with van der Waals surface area (Å²) < 4.78 is 18.0. The SMILES string of the molecule is COc1c(C(C)(C)C)ccc(C=Cc2ccc(OCc3ccccc3)cc2)c1O[Si](C)C. The van der Waals surface area contributed by atoms with Gasteiger partial charge >= 0.3 is 0 Å². The molecule has 3 aromatic carbocycles. The van der Waals surface area contributed by atoms with Crippen molar-refractivity contribution in [2.24, 2.45) is 0 Å². The molecule has 0 aliphatic rings. The van der Waals surface area contributed by atoms with E-state index in [4.69, 9.17) is 13.9 Å². The average molecular weight is 446 g/mol. The Kier molecular flexibility index (Phi) is 7.81. The van der Waals surface area contributed by atoms with Crippen molar-refractivity contribution >= 4 is 21.2 Å². The topological polar surface area (TPSA) is 27.7 Å². The molecule has 3 aromatic rings. The standard InChI is InChI=1S/C28H33O3Si/c1-28(2,3)25-19-16-23(26(27(25)29-4)31-32(5)6)15-12-21-13-17-24(18-14-21)30-20-22-10-8-7-9-11-22/h7-19H,20H2,1-6H3. The fraction of sp³-hybridized carbons (Fsp3) is 0.286. The van der Waals surface area contributed by atoms with E-state index in [1.165, 1.54) is 0 Å². The third-order valence-corrected chi connectivity index (χ3v) is 5.66. The van der Waals surface area contributed by atoms with Crippen LogP contribution in [0.4, 0.5) is 0 Å². The van der Waals surface area contributed by atoms with Gasteiger partial charge in [0.25, 0.3) is 9.04 Å². The molecule has 32 heavy (non-hydrogen) atoms. The van der Waals surface area contributed by atoms with E-state index < -0.39 is 9.04 Å². The molecule has 0 amide bonds. The van der Waals surface area contributed by atoms with Crippen molar-refractivity contribution in [2.45, 2.75) is 45.9 Å². The van der Waals surface area contributed by atoms with Crippen LogP contribution in [0.5, 0.6) is 17.2 Å². The third-order valence-electron chi connectivity index (χ3n) is 5.04. The van der Waals surface area contributed by atoms with Crippen molar-refractivity contribution in [1.82, 2.24) is 0 Å². The van der Waals surface area contributed by atoms with E-state index in [9.17, 15) is 0 Å². The lowest BCUT2D eigenvalue weighted by molar-refractivity contribution is 0.306. The summed E-state index contributed by atoms with van der Waals surface area (Å²) in [5.74, 6) is 2.52. The molecule has 3 nitrogen and oxygen atoms in total. The van der Waals surface area contributed by atoms with Crippen LogP contribution in [0.3, 0.4) is 0 Å². The molecule has 0 aliphatic carbocycles. The second-order valence-corrected chi connectivity index (χ2v) is 11.0. The molecule has 0 spiro atoms. The smallest absolute Gasteiger partial charge is 0.274 e. The Labute approximate surface area is 194 Å². The first-order valence-corrected chi connectivity index (χ1v) is 13.3. The van der Waals surface area contributed by atoms with Crippen LogP contribution in [0.2, 0.25) is 13.1 Å². The Morgan fingerprint density at radius 3 is 2.09 bits per heavy atom. The minimum atomic E-state index is -0.949. The quantitative estimate of drug-likeness (QED) is 0.267. The van der Waals surface area contributed by atoms with Crippen LogP contribution in [0, 0.1) is 0 Å². The lowest BCUT2D eigenvalue weighted by Gasteiger charge is -2.25. The highest BCUT2D eigenvalue weighted by molar-refractivity contribution is 6.49. The van der Waals surface area contributed by atoms with E-state index in [-0.39, 0.29) is 5.41 Å². The van der Waals surface area contributed by atoms with Crippen molar-refractivity contribution in [3.8, 4) is 17.2 Å². The molecular formula is C28H33O3Si. The number of rotatable bonds is 8. The molecule has 0 aromatic heterocycles. The molecule has 0 fully saturated rings. The molecule has 4 heteroatoms. The van der Waals surface area contributed by atoms with Crippen LogP contribution < -0.4 is 13.9 Å².